The molecular weight excluding hydrogens is 308 g/mol. The molecule has 25 heavy (non-hydrogen) atoms. The van der Waals surface area contributed by atoms with Gasteiger partial charge in [-0.25, -0.2) is 4.99 Å². The maximum atomic E-state index is 4.92. The lowest BCUT2D eigenvalue weighted by Gasteiger charge is -2.16. The summed E-state index contributed by atoms with van der Waals surface area (Å²) in [5.41, 5.74) is 3.03. The van der Waals surface area contributed by atoms with Gasteiger partial charge in [0.25, 0.3) is 0 Å². The number of aromatic nitrogens is 1. The number of likely N-dealkylation sites (tertiary alicyclic amines) is 1. The van der Waals surface area contributed by atoms with E-state index in [4.69, 9.17) is 9.98 Å². The van der Waals surface area contributed by atoms with E-state index in [1.807, 2.05) is 30.3 Å². The van der Waals surface area contributed by atoms with Crippen molar-refractivity contribution in [3.63, 3.8) is 0 Å². The van der Waals surface area contributed by atoms with Gasteiger partial charge in [0.1, 0.15) is 5.49 Å². The van der Waals surface area contributed by atoms with Crippen molar-refractivity contribution < 1.29 is 0 Å². The highest BCUT2D eigenvalue weighted by molar-refractivity contribution is 5.84. The number of guanidine groups is 1. The van der Waals surface area contributed by atoms with Crippen LogP contribution in [0.25, 0.3) is 10.9 Å². The van der Waals surface area contributed by atoms with Crippen molar-refractivity contribution >= 4 is 22.5 Å². The van der Waals surface area contributed by atoms with E-state index in [2.05, 4.69) is 52.9 Å². The third-order valence-electron chi connectivity index (χ3n) is 4.64. The van der Waals surface area contributed by atoms with Gasteiger partial charge < -0.3 is 9.47 Å². The highest BCUT2D eigenvalue weighted by atomic mass is 15.3. The largest absolute Gasteiger partial charge is 0.341 e. The van der Waals surface area contributed by atoms with Crippen LogP contribution in [0, 0.1) is 0 Å². The molecule has 1 fully saturated rings. The van der Waals surface area contributed by atoms with E-state index < -0.39 is 0 Å². The Bertz CT molecular complexity index is 964. The first-order chi connectivity index (χ1) is 12.3. The van der Waals surface area contributed by atoms with Gasteiger partial charge in [0.15, 0.2) is 0 Å². The van der Waals surface area contributed by atoms with Crippen LogP contribution >= 0.6 is 0 Å². The van der Waals surface area contributed by atoms with Crippen molar-refractivity contribution in [3.8, 4) is 0 Å². The SMILES string of the molecule is Cn1/c(=N/C(=Nc2ccccc2)N2CCCC2)ccc2ccccc21. The Labute approximate surface area is 147 Å². The number of fused-ring (bicyclic) bond motifs is 1. The van der Waals surface area contributed by atoms with Gasteiger partial charge in [-0.15, -0.1) is 0 Å². The van der Waals surface area contributed by atoms with Gasteiger partial charge in [-0.1, -0.05) is 36.4 Å². The summed E-state index contributed by atoms with van der Waals surface area (Å²) in [6.45, 7) is 2.04. The Morgan fingerprint density at radius 2 is 1.56 bits per heavy atom. The predicted molar refractivity (Wildman–Crippen MR) is 103 cm³/mol. The zero-order valence-corrected chi connectivity index (χ0v) is 14.5. The molecule has 0 spiro atoms. The molecule has 2 aromatic carbocycles. The first kappa shape index (κ1) is 15.6. The van der Waals surface area contributed by atoms with Crippen molar-refractivity contribution in [2.45, 2.75) is 12.8 Å². The minimum absolute atomic E-state index is 0.801. The monoisotopic (exact) mass is 330 g/mol. The summed E-state index contributed by atoms with van der Waals surface area (Å²) in [6.07, 6.45) is 2.40. The molecule has 0 N–H and O–H groups in total. The second-order valence-electron chi connectivity index (χ2n) is 6.36. The number of rotatable bonds is 1. The molecule has 0 atom stereocenters. The maximum Gasteiger partial charge on any atom is 0.227 e. The summed E-state index contributed by atoms with van der Waals surface area (Å²) >= 11 is 0. The Kier molecular flexibility index (Phi) is 4.34. The van der Waals surface area contributed by atoms with Crippen LogP contribution in [0.5, 0.6) is 0 Å². The summed E-state index contributed by atoms with van der Waals surface area (Å²) in [6, 6.07) is 22.6. The molecule has 0 unspecified atom stereocenters. The number of para-hydroxylation sites is 2. The van der Waals surface area contributed by atoms with Gasteiger partial charge in [-0.2, -0.15) is 4.99 Å². The highest BCUT2D eigenvalue weighted by Crippen LogP contribution is 2.15. The lowest BCUT2D eigenvalue weighted by Crippen LogP contribution is -2.30. The van der Waals surface area contributed by atoms with Crippen LogP contribution in [0.3, 0.4) is 0 Å². The molecule has 1 aliphatic heterocycles. The van der Waals surface area contributed by atoms with Crippen molar-refractivity contribution in [1.29, 1.82) is 0 Å². The molecule has 4 nitrogen and oxygen atoms in total. The van der Waals surface area contributed by atoms with Crippen molar-refractivity contribution in [1.82, 2.24) is 9.47 Å². The molecule has 2 heterocycles. The summed E-state index contributed by atoms with van der Waals surface area (Å²) < 4.78 is 2.13. The molecule has 126 valence electrons. The summed E-state index contributed by atoms with van der Waals surface area (Å²) in [5, 5.41) is 1.21. The Morgan fingerprint density at radius 3 is 2.36 bits per heavy atom. The molecule has 0 saturated carbocycles. The Morgan fingerprint density at radius 1 is 0.840 bits per heavy atom. The maximum absolute atomic E-state index is 4.92. The quantitative estimate of drug-likeness (QED) is 0.492. The molecule has 0 bridgehead atoms. The number of hydrogen-bond acceptors (Lipinski definition) is 1. The van der Waals surface area contributed by atoms with Gasteiger partial charge in [0, 0.05) is 25.7 Å². The second kappa shape index (κ2) is 6.93. The normalized spacial score (nSPS) is 16.0. The smallest absolute Gasteiger partial charge is 0.227 e. The molecule has 1 aromatic heterocycles. The van der Waals surface area contributed by atoms with Crippen LogP contribution in [0.2, 0.25) is 0 Å². The third-order valence-corrected chi connectivity index (χ3v) is 4.64. The predicted octanol–water partition coefficient (Wildman–Crippen LogP) is 3.86. The average molecular weight is 330 g/mol. The van der Waals surface area contributed by atoms with Gasteiger partial charge in [-0.05, 0) is 48.6 Å². The molecular formula is C21H22N4. The van der Waals surface area contributed by atoms with Crippen molar-refractivity contribution in [2.75, 3.05) is 13.1 Å². The minimum Gasteiger partial charge on any atom is -0.341 e. The van der Waals surface area contributed by atoms with Crippen LogP contribution in [0.4, 0.5) is 5.69 Å². The van der Waals surface area contributed by atoms with Gasteiger partial charge in [0.2, 0.25) is 5.96 Å². The zero-order chi connectivity index (χ0) is 17.1. The van der Waals surface area contributed by atoms with E-state index in [-0.39, 0.29) is 0 Å². The molecule has 4 heteroatoms. The van der Waals surface area contributed by atoms with E-state index in [1.165, 1.54) is 23.7 Å². The third kappa shape index (κ3) is 3.33. The van der Waals surface area contributed by atoms with E-state index in [1.54, 1.807) is 0 Å². The standard InChI is InChI=1S/C21H22N4/c1-24-19-12-6-5-9-17(19)13-14-20(24)23-21(25-15-7-8-16-25)22-18-10-3-2-4-11-18/h2-6,9-14H,7-8,15-16H2,1H3/b22-21?,23-20+. The minimum atomic E-state index is 0.801. The fraction of sp³-hybridized carbons (Fsp3) is 0.238. The molecule has 0 aliphatic carbocycles. The number of hydrogen-bond donors (Lipinski definition) is 0. The number of pyridine rings is 1. The summed E-state index contributed by atoms with van der Waals surface area (Å²) in [7, 11) is 2.06. The average Bonchev–Trinajstić information content (AvgIpc) is 3.19. The number of benzene rings is 2. The lowest BCUT2D eigenvalue weighted by molar-refractivity contribution is 0.511. The van der Waals surface area contributed by atoms with E-state index in [0.717, 1.165) is 30.2 Å². The fourth-order valence-electron chi connectivity index (χ4n) is 3.25. The van der Waals surface area contributed by atoms with Crippen LogP contribution in [0.15, 0.2) is 76.7 Å². The number of nitrogens with zero attached hydrogens (tertiary/aromatic N) is 4. The molecule has 1 aliphatic rings. The van der Waals surface area contributed by atoms with Crippen LogP contribution in [0.1, 0.15) is 12.8 Å². The van der Waals surface area contributed by atoms with E-state index >= 15 is 0 Å². The van der Waals surface area contributed by atoms with Gasteiger partial charge in [-0.3, -0.25) is 0 Å². The highest BCUT2D eigenvalue weighted by Gasteiger charge is 2.16. The van der Waals surface area contributed by atoms with Crippen molar-refractivity contribution in [3.05, 3.63) is 72.2 Å². The first-order valence-electron chi connectivity index (χ1n) is 8.79. The van der Waals surface area contributed by atoms with E-state index in [9.17, 15) is 0 Å². The topological polar surface area (TPSA) is 32.9 Å². The number of aliphatic imine (C=N–C) groups is 1. The molecule has 0 amide bonds. The zero-order valence-electron chi connectivity index (χ0n) is 14.5. The van der Waals surface area contributed by atoms with Gasteiger partial charge in [0.05, 0.1) is 5.69 Å². The van der Waals surface area contributed by atoms with Crippen LogP contribution in [-0.2, 0) is 7.05 Å². The Balaban J connectivity index is 1.84. The first-order valence-corrected chi connectivity index (χ1v) is 8.79. The summed E-state index contributed by atoms with van der Waals surface area (Å²) in [4.78, 5) is 12.0. The second-order valence-corrected chi connectivity index (χ2v) is 6.36. The summed E-state index contributed by atoms with van der Waals surface area (Å²) in [5.74, 6) is 0.801. The fourth-order valence-corrected chi connectivity index (χ4v) is 3.25. The van der Waals surface area contributed by atoms with Crippen LogP contribution in [-0.4, -0.2) is 28.5 Å². The molecule has 1 saturated heterocycles. The van der Waals surface area contributed by atoms with Crippen molar-refractivity contribution in [2.24, 2.45) is 17.0 Å². The van der Waals surface area contributed by atoms with Crippen LogP contribution < -0.4 is 5.49 Å². The lowest BCUT2D eigenvalue weighted by atomic mass is 10.2. The van der Waals surface area contributed by atoms with Gasteiger partial charge >= 0.3 is 0 Å². The molecule has 3 aromatic rings. The van der Waals surface area contributed by atoms with E-state index in [0.29, 0.717) is 0 Å². The number of aryl methyl sites for hydroxylation is 1. The molecule has 0 radical (unpaired) electrons. The molecule has 4 rings (SSSR count). The Hall–Kier alpha value is -2.88.